The summed E-state index contributed by atoms with van der Waals surface area (Å²) in [6, 6.07) is 9.63. The van der Waals surface area contributed by atoms with Crippen molar-refractivity contribution in [1.82, 2.24) is 14.8 Å². The molecule has 0 saturated carbocycles. The highest BCUT2D eigenvalue weighted by molar-refractivity contribution is 9.09. The first-order chi connectivity index (χ1) is 13.0. The van der Waals surface area contributed by atoms with E-state index in [0.717, 1.165) is 16.5 Å². The number of rotatable bonds is 6. The number of nitrogens with one attached hydrogen (secondary N) is 1. The van der Waals surface area contributed by atoms with Gasteiger partial charge in [0.25, 0.3) is 0 Å². The third-order valence-electron chi connectivity index (χ3n) is 3.97. The quantitative estimate of drug-likeness (QED) is 0.476. The number of benzene rings is 1. The van der Waals surface area contributed by atoms with Crippen LogP contribution in [0.3, 0.4) is 0 Å². The predicted molar refractivity (Wildman–Crippen MR) is 107 cm³/mol. The lowest BCUT2D eigenvalue weighted by molar-refractivity contribution is -0.115. The van der Waals surface area contributed by atoms with Crippen LogP contribution in [0.2, 0.25) is 0 Å². The molecule has 1 N–H and O–H groups in total. The van der Waals surface area contributed by atoms with E-state index in [2.05, 4.69) is 31.3 Å². The van der Waals surface area contributed by atoms with Gasteiger partial charge in [0.2, 0.25) is 5.91 Å². The maximum absolute atomic E-state index is 12.3. The van der Waals surface area contributed by atoms with E-state index in [1.807, 2.05) is 37.3 Å². The Bertz CT molecular complexity index is 1000. The number of hydrogen-bond acceptors (Lipinski definition) is 5. The van der Waals surface area contributed by atoms with Gasteiger partial charge in [0.1, 0.15) is 5.56 Å². The number of carbonyl (C=O) groups is 2. The van der Waals surface area contributed by atoms with Crippen molar-refractivity contribution in [2.24, 2.45) is 0 Å². The molecule has 0 fully saturated rings. The van der Waals surface area contributed by atoms with Crippen molar-refractivity contribution in [3.63, 3.8) is 0 Å². The van der Waals surface area contributed by atoms with Gasteiger partial charge in [-0.25, -0.2) is 9.78 Å². The van der Waals surface area contributed by atoms with E-state index in [-0.39, 0.29) is 30.3 Å². The van der Waals surface area contributed by atoms with Crippen molar-refractivity contribution < 1.29 is 14.3 Å². The lowest BCUT2D eigenvalue weighted by Gasteiger charge is -2.12. The van der Waals surface area contributed by atoms with Gasteiger partial charge in [-0.3, -0.25) is 4.79 Å². The van der Waals surface area contributed by atoms with Crippen LogP contribution in [0.5, 0.6) is 0 Å². The summed E-state index contributed by atoms with van der Waals surface area (Å²) in [6.07, 6.45) is 1.64. The molecule has 1 aromatic carbocycles. The minimum Gasteiger partial charge on any atom is -0.462 e. The van der Waals surface area contributed by atoms with Crippen LogP contribution in [0.1, 0.15) is 29.3 Å². The van der Waals surface area contributed by atoms with Gasteiger partial charge in [-0.2, -0.15) is 9.78 Å². The fourth-order valence-corrected chi connectivity index (χ4v) is 3.08. The lowest BCUT2D eigenvalue weighted by atomic mass is 10.1. The Morgan fingerprint density at radius 3 is 2.81 bits per heavy atom. The van der Waals surface area contributed by atoms with Crippen molar-refractivity contribution in [2.45, 2.75) is 20.3 Å². The van der Waals surface area contributed by atoms with Gasteiger partial charge in [0.05, 0.1) is 18.3 Å². The summed E-state index contributed by atoms with van der Waals surface area (Å²) in [4.78, 5) is 29.1. The molecule has 0 aliphatic heterocycles. The minimum absolute atomic E-state index is 0.187. The zero-order chi connectivity index (χ0) is 19.4. The van der Waals surface area contributed by atoms with Gasteiger partial charge in [-0.15, -0.1) is 0 Å². The number of carbonyl (C=O) groups excluding carboxylic acids is 2. The number of halogens is 1. The molecule has 0 radical (unpaired) electrons. The Morgan fingerprint density at radius 2 is 2.07 bits per heavy atom. The first-order valence-corrected chi connectivity index (χ1v) is 9.65. The summed E-state index contributed by atoms with van der Waals surface area (Å²) in [5, 5.41) is 8.57. The van der Waals surface area contributed by atoms with Crippen LogP contribution in [-0.4, -0.2) is 38.6 Å². The van der Waals surface area contributed by atoms with E-state index in [4.69, 9.17) is 4.74 Å². The third kappa shape index (κ3) is 4.00. The van der Waals surface area contributed by atoms with Crippen molar-refractivity contribution >= 4 is 44.5 Å². The maximum atomic E-state index is 12.3. The second-order valence-corrected chi connectivity index (χ2v) is 6.63. The average molecular weight is 431 g/mol. The number of fused-ring (bicyclic) bond motifs is 1. The van der Waals surface area contributed by atoms with Crippen molar-refractivity contribution in [3.05, 3.63) is 47.7 Å². The molecular formula is C19H19BrN4O3. The van der Waals surface area contributed by atoms with Crippen LogP contribution in [0.25, 0.3) is 16.7 Å². The molecular weight excluding hydrogens is 412 g/mol. The molecule has 3 rings (SSSR count). The topological polar surface area (TPSA) is 86.1 Å². The molecule has 0 spiro atoms. The largest absolute Gasteiger partial charge is 0.462 e. The smallest absolute Gasteiger partial charge is 0.343 e. The molecule has 0 bridgehead atoms. The zero-order valence-corrected chi connectivity index (χ0v) is 16.6. The molecule has 0 saturated heterocycles. The highest BCUT2D eigenvalue weighted by atomic mass is 79.9. The SMILES string of the molecule is CCOC(=O)c1cnn(-c2cc(C)c3ccccc3n2)c1NC(=O)CCBr. The molecule has 2 aromatic heterocycles. The second kappa shape index (κ2) is 8.30. The molecule has 0 aliphatic rings. The lowest BCUT2D eigenvalue weighted by Crippen LogP contribution is -2.18. The molecule has 27 heavy (non-hydrogen) atoms. The molecule has 3 aromatic rings. The van der Waals surface area contributed by atoms with Crippen LogP contribution >= 0.6 is 15.9 Å². The maximum Gasteiger partial charge on any atom is 0.343 e. The number of nitrogens with zero attached hydrogens (tertiary/aromatic N) is 3. The normalized spacial score (nSPS) is 10.8. The van der Waals surface area contributed by atoms with Gasteiger partial charge in [-0.1, -0.05) is 34.1 Å². The Morgan fingerprint density at radius 1 is 1.30 bits per heavy atom. The Hall–Kier alpha value is -2.74. The molecule has 0 unspecified atom stereocenters. The summed E-state index contributed by atoms with van der Waals surface area (Å²) >= 11 is 3.24. The predicted octanol–water partition coefficient (Wildman–Crippen LogP) is 3.63. The standard InChI is InChI=1S/C19H19BrN4O3/c1-3-27-19(26)14-11-21-24(18(14)23-17(25)8-9-20)16-10-12(2)13-6-4-5-7-15(13)22-16/h4-7,10-11H,3,8-9H2,1-2H3,(H,23,25). The van der Waals surface area contributed by atoms with Gasteiger partial charge in [0, 0.05) is 17.1 Å². The molecule has 0 aliphatic carbocycles. The summed E-state index contributed by atoms with van der Waals surface area (Å²) in [6.45, 7) is 3.93. The highest BCUT2D eigenvalue weighted by Gasteiger charge is 2.22. The first kappa shape index (κ1) is 19.0. The third-order valence-corrected chi connectivity index (χ3v) is 4.37. The summed E-state index contributed by atoms with van der Waals surface area (Å²) in [5.74, 6) is -0.0236. The van der Waals surface area contributed by atoms with Crippen LogP contribution in [0.4, 0.5) is 5.82 Å². The van der Waals surface area contributed by atoms with Crippen LogP contribution in [0, 0.1) is 6.92 Å². The Balaban J connectivity index is 2.11. The second-order valence-electron chi connectivity index (χ2n) is 5.84. The molecule has 2 heterocycles. The minimum atomic E-state index is -0.546. The van der Waals surface area contributed by atoms with E-state index in [0.29, 0.717) is 11.1 Å². The van der Waals surface area contributed by atoms with E-state index >= 15 is 0 Å². The van der Waals surface area contributed by atoms with Crippen molar-refractivity contribution in [3.8, 4) is 5.82 Å². The first-order valence-electron chi connectivity index (χ1n) is 8.52. The van der Waals surface area contributed by atoms with Crippen molar-refractivity contribution in [1.29, 1.82) is 0 Å². The monoisotopic (exact) mass is 430 g/mol. The van der Waals surface area contributed by atoms with Crippen LogP contribution < -0.4 is 5.32 Å². The van der Waals surface area contributed by atoms with E-state index in [1.54, 1.807) is 6.92 Å². The van der Waals surface area contributed by atoms with Gasteiger partial charge >= 0.3 is 5.97 Å². The number of esters is 1. The number of amides is 1. The molecule has 0 atom stereocenters. The average Bonchev–Trinajstić information content (AvgIpc) is 3.05. The van der Waals surface area contributed by atoms with Gasteiger partial charge in [-0.05, 0) is 31.5 Å². The Labute approximate surface area is 164 Å². The summed E-state index contributed by atoms with van der Waals surface area (Å²) in [5.41, 5.74) is 2.01. The van der Waals surface area contributed by atoms with E-state index in [9.17, 15) is 9.59 Å². The Kier molecular flexibility index (Phi) is 5.85. The molecule has 1 amide bonds. The van der Waals surface area contributed by atoms with Crippen molar-refractivity contribution in [2.75, 3.05) is 17.3 Å². The fraction of sp³-hybridized carbons (Fsp3) is 0.263. The fourth-order valence-electron chi connectivity index (χ4n) is 2.72. The zero-order valence-electron chi connectivity index (χ0n) is 15.0. The number of ether oxygens (including phenoxy) is 1. The number of anilines is 1. The number of para-hydroxylation sites is 1. The molecule has 7 nitrogen and oxygen atoms in total. The van der Waals surface area contributed by atoms with E-state index in [1.165, 1.54) is 10.9 Å². The van der Waals surface area contributed by atoms with Crippen LogP contribution in [0.15, 0.2) is 36.5 Å². The number of pyridine rings is 1. The highest BCUT2D eigenvalue weighted by Crippen LogP contribution is 2.24. The van der Waals surface area contributed by atoms with Crippen LogP contribution in [-0.2, 0) is 9.53 Å². The number of hydrogen-bond donors (Lipinski definition) is 1. The van der Waals surface area contributed by atoms with Gasteiger partial charge < -0.3 is 10.1 Å². The summed E-state index contributed by atoms with van der Waals surface area (Å²) in [7, 11) is 0. The van der Waals surface area contributed by atoms with E-state index < -0.39 is 5.97 Å². The van der Waals surface area contributed by atoms with Gasteiger partial charge in [0.15, 0.2) is 11.6 Å². The molecule has 140 valence electrons. The number of aromatic nitrogens is 3. The number of alkyl halides is 1. The number of aryl methyl sites for hydroxylation is 1. The molecule has 8 heteroatoms. The summed E-state index contributed by atoms with van der Waals surface area (Å²) < 4.78 is 6.54.